The fourth-order valence-electron chi connectivity index (χ4n) is 3.17. The Morgan fingerprint density at radius 3 is 2.33 bits per heavy atom. The lowest BCUT2D eigenvalue weighted by Gasteiger charge is -2.19. The van der Waals surface area contributed by atoms with Crippen LogP contribution >= 0.6 is 0 Å². The van der Waals surface area contributed by atoms with Crippen molar-refractivity contribution in [3.63, 3.8) is 0 Å². The summed E-state index contributed by atoms with van der Waals surface area (Å²) in [6.07, 6.45) is 2.19. The maximum Gasteiger partial charge on any atom is 0.191 e. The fraction of sp³-hybridized carbons (Fsp3) is 0.381. The van der Waals surface area contributed by atoms with Crippen LogP contribution in [-0.4, -0.2) is 33.8 Å². The van der Waals surface area contributed by atoms with Gasteiger partial charge in [0.25, 0.3) is 0 Å². The van der Waals surface area contributed by atoms with Crippen molar-refractivity contribution in [3.8, 4) is 11.5 Å². The molecule has 1 aliphatic rings. The molecule has 6 heteroatoms. The number of hydrogen-bond donors (Lipinski definition) is 2. The first-order chi connectivity index (χ1) is 13.1. The molecule has 1 saturated carbocycles. The van der Waals surface area contributed by atoms with E-state index in [1.54, 1.807) is 21.3 Å². The number of methoxy groups -OCH3 is 2. The first-order valence-electron chi connectivity index (χ1n) is 9.02. The number of hydrogen-bond acceptors (Lipinski definition) is 3. The van der Waals surface area contributed by atoms with Gasteiger partial charge in [-0.05, 0) is 48.2 Å². The molecule has 0 saturated heterocycles. The quantitative estimate of drug-likeness (QED) is 0.580. The van der Waals surface area contributed by atoms with Gasteiger partial charge in [0.1, 0.15) is 5.82 Å². The standard InChI is InChI=1S/C21H26FN3O2/c1-23-20(24-13-15-4-9-18(26-2)19(12-15)27-3)25-14-21(10-11-21)16-5-7-17(22)8-6-16/h4-9,12H,10-11,13-14H2,1-3H3,(H2,23,24,25). The van der Waals surface area contributed by atoms with Crippen LogP contribution in [0.15, 0.2) is 47.5 Å². The van der Waals surface area contributed by atoms with Gasteiger partial charge in [-0.2, -0.15) is 0 Å². The summed E-state index contributed by atoms with van der Waals surface area (Å²) >= 11 is 0. The average molecular weight is 371 g/mol. The molecule has 1 aliphatic carbocycles. The van der Waals surface area contributed by atoms with Crippen molar-refractivity contribution in [1.82, 2.24) is 10.6 Å². The second-order valence-corrected chi connectivity index (χ2v) is 6.76. The van der Waals surface area contributed by atoms with Crippen LogP contribution in [0.1, 0.15) is 24.0 Å². The summed E-state index contributed by atoms with van der Waals surface area (Å²) in [5, 5.41) is 6.71. The number of guanidine groups is 1. The summed E-state index contributed by atoms with van der Waals surface area (Å²) < 4.78 is 23.8. The van der Waals surface area contributed by atoms with Crippen LogP contribution < -0.4 is 20.1 Å². The zero-order valence-electron chi connectivity index (χ0n) is 16.0. The monoisotopic (exact) mass is 371 g/mol. The highest BCUT2D eigenvalue weighted by Gasteiger charge is 2.44. The zero-order chi connectivity index (χ0) is 19.3. The van der Waals surface area contributed by atoms with Gasteiger partial charge in [-0.1, -0.05) is 18.2 Å². The lowest BCUT2D eigenvalue weighted by atomic mass is 9.96. The molecular formula is C21H26FN3O2. The van der Waals surface area contributed by atoms with E-state index in [1.165, 1.54) is 17.7 Å². The highest BCUT2D eigenvalue weighted by atomic mass is 19.1. The minimum atomic E-state index is -0.199. The molecule has 0 bridgehead atoms. The highest BCUT2D eigenvalue weighted by Crippen LogP contribution is 2.47. The van der Waals surface area contributed by atoms with E-state index in [2.05, 4.69) is 15.6 Å². The van der Waals surface area contributed by atoms with Crippen LogP contribution in [0, 0.1) is 5.82 Å². The number of nitrogens with one attached hydrogen (secondary N) is 2. The highest BCUT2D eigenvalue weighted by molar-refractivity contribution is 5.79. The Hall–Kier alpha value is -2.76. The number of nitrogens with zero attached hydrogens (tertiary/aromatic N) is 1. The maximum atomic E-state index is 13.2. The Kier molecular flexibility index (Phi) is 5.84. The van der Waals surface area contributed by atoms with Crippen molar-refractivity contribution in [1.29, 1.82) is 0 Å². The van der Waals surface area contributed by atoms with E-state index in [0.717, 1.165) is 30.9 Å². The van der Waals surface area contributed by atoms with Crippen molar-refractivity contribution in [2.75, 3.05) is 27.8 Å². The van der Waals surface area contributed by atoms with Crippen molar-refractivity contribution < 1.29 is 13.9 Å². The number of ether oxygens (including phenoxy) is 2. The second kappa shape index (κ2) is 8.29. The topological polar surface area (TPSA) is 54.9 Å². The number of benzene rings is 2. The first-order valence-corrected chi connectivity index (χ1v) is 9.02. The summed E-state index contributed by atoms with van der Waals surface area (Å²) in [6.45, 7) is 1.38. The van der Waals surface area contributed by atoms with E-state index in [0.29, 0.717) is 18.0 Å². The third-order valence-electron chi connectivity index (χ3n) is 5.04. The van der Waals surface area contributed by atoms with Gasteiger partial charge in [0, 0.05) is 25.6 Å². The van der Waals surface area contributed by atoms with Crippen molar-refractivity contribution >= 4 is 5.96 Å². The molecule has 27 heavy (non-hydrogen) atoms. The first kappa shape index (κ1) is 19.0. The van der Waals surface area contributed by atoms with Crippen LogP contribution in [0.2, 0.25) is 0 Å². The molecule has 0 heterocycles. The fourth-order valence-corrected chi connectivity index (χ4v) is 3.17. The molecule has 2 aromatic carbocycles. The van der Waals surface area contributed by atoms with Gasteiger partial charge in [-0.15, -0.1) is 0 Å². The van der Waals surface area contributed by atoms with E-state index in [1.807, 2.05) is 30.3 Å². The molecule has 3 rings (SSSR count). The number of halogens is 1. The minimum absolute atomic E-state index is 0.0780. The van der Waals surface area contributed by atoms with Gasteiger partial charge in [0.15, 0.2) is 17.5 Å². The molecule has 1 fully saturated rings. The SMILES string of the molecule is CN=C(NCc1ccc(OC)c(OC)c1)NCC1(c2ccc(F)cc2)CC1. The van der Waals surface area contributed by atoms with Gasteiger partial charge < -0.3 is 20.1 Å². The lowest BCUT2D eigenvalue weighted by Crippen LogP contribution is -2.40. The van der Waals surface area contributed by atoms with E-state index in [4.69, 9.17) is 9.47 Å². The Labute approximate surface area is 159 Å². The van der Waals surface area contributed by atoms with Crippen molar-refractivity contribution in [2.45, 2.75) is 24.8 Å². The summed E-state index contributed by atoms with van der Waals surface area (Å²) in [6, 6.07) is 12.6. The number of rotatable bonds is 7. The van der Waals surface area contributed by atoms with E-state index < -0.39 is 0 Å². The smallest absolute Gasteiger partial charge is 0.191 e. The third kappa shape index (κ3) is 4.51. The zero-order valence-corrected chi connectivity index (χ0v) is 16.0. The minimum Gasteiger partial charge on any atom is -0.493 e. The number of aliphatic imine (C=N–C) groups is 1. The van der Waals surface area contributed by atoms with Gasteiger partial charge in [-0.25, -0.2) is 4.39 Å². The Morgan fingerprint density at radius 2 is 1.74 bits per heavy atom. The molecule has 0 atom stereocenters. The molecule has 0 aromatic heterocycles. The van der Waals surface area contributed by atoms with Crippen LogP contribution in [0.4, 0.5) is 4.39 Å². The molecule has 0 radical (unpaired) electrons. The van der Waals surface area contributed by atoms with E-state index in [9.17, 15) is 4.39 Å². The van der Waals surface area contributed by atoms with Crippen molar-refractivity contribution in [2.24, 2.45) is 4.99 Å². The van der Waals surface area contributed by atoms with Crippen LogP contribution in [-0.2, 0) is 12.0 Å². The predicted octanol–water partition coefficient (Wildman–Crippen LogP) is 3.24. The molecule has 144 valence electrons. The molecule has 0 amide bonds. The summed E-state index contributed by atoms with van der Waals surface area (Å²) in [4.78, 5) is 4.30. The van der Waals surface area contributed by atoms with Gasteiger partial charge in [-0.3, -0.25) is 4.99 Å². The van der Waals surface area contributed by atoms with Gasteiger partial charge >= 0.3 is 0 Å². The third-order valence-corrected chi connectivity index (χ3v) is 5.04. The molecule has 2 N–H and O–H groups in total. The van der Waals surface area contributed by atoms with Gasteiger partial charge in [0.2, 0.25) is 0 Å². The van der Waals surface area contributed by atoms with Gasteiger partial charge in [0.05, 0.1) is 14.2 Å². The summed E-state index contributed by atoms with van der Waals surface area (Å²) in [7, 11) is 5.00. The van der Waals surface area contributed by atoms with Crippen LogP contribution in [0.3, 0.4) is 0 Å². The van der Waals surface area contributed by atoms with Crippen LogP contribution in [0.25, 0.3) is 0 Å². The van der Waals surface area contributed by atoms with Crippen molar-refractivity contribution in [3.05, 3.63) is 59.4 Å². The Balaban J connectivity index is 1.56. The Bertz CT molecular complexity index is 802. The molecule has 5 nitrogen and oxygen atoms in total. The normalized spacial score (nSPS) is 15.2. The molecule has 0 unspecified atom stereocenters. The van der Waals surface area contributed by atoms with E-state index >= 15 is 0 Å². The predicted molar refractivity (Wildman–Crippen MR) is 105 cm³/mol. The largest absolute Gasteiger partial charge is 0.493 e. The average Bonchev–Trinajstić information content (AvgIpc) is 3.49. The Morgan fingerprint density at radius 1 is 1.04 bits per heavy atom. The molecule has 0 spiro atoms. The summed E-state index contributed by atoms with van der Waals surface area (Å²) in [5.41, 5.74) is 2.32. The van der Waals surface area contributed by atoms with E-state index in [-0.39, 0.29) is 11.2 Å². The molecule has 2 aromatic rings. The molecule has 0 aliphatic heterocycles. The summed E-state index contributed by atoms with van der Waals surface area (Å²) in [5.74, 6) is 1.94. The molecular weight excluding hydrogens is 345 g/mol. The van der Waals surface area contributed by atoms with Crippen LogP contribution in [0.5, 0.6) is 11.5 Å². The lowest BCUT2D eigenvalue weighted by molar-refractivity contribution is 0.354. The maximum absolute atomic E-state index is 13.2. The second-order valence-electron chi connectivity index (χ2n) is 6.76.